The average molecular weight is 307 g/mol. The van der Waals surface area contributed by atoms with Gasteiger partial charge in [0.1, 0.15) is 6.10 Å². The van der Waals surface area contributed by atoms with E-state index >= 15 is 0 Å². The molecule has 1 aromatic rings. The smallest absolute Gasteiger partial charge is 0.373 e. The number of rotatable bonds is 3. The summed E-state index contributed by atoms with van der Waals surface area (Å²) >= 11 is 0. The van der Waals surface area contributed by atoms with Crippen LogP contribution < -0.4 is 0 Å². The summed E-state index contributed by atoms with van der Waals surface area (Å²) in [5.41, 5.74) is 0.340. The Balaban J connectivity index is 0.000000745. The number of hydrogen-bond acceptors (Lipinski definition) is 6. The predicted octanol–water partition coefficient (Wildman–Crippen LogP) is 2.75. The molecule has 0 bridgehead atoms. The molecule has 22 heavy (non-hydrogen) atoms. The number of carbonyl (C=O) groups is 1. The lowest BCUT2D eigenvalue weighted by Crippen LogP contribution is -2.24. The van der Waals surface area contributed by atoms with E-state index in [0.29, 0.717) is 11.5 Å². The van der Waals surface area contributed by atoms with Gasteiger partial charge in [-0.05, 0) is 37.3 Å². The zero-order valence-corrected chi connectivity index (χ0v) is 12.2. The fourth-order valence-electron chi connectivity index (χ4n) is 2.42. The summed E-state index contributed by atoms with van der Waals surface area (Å²) in [5, 5.41) is 10.5. The Morgan fingerprint density at radius 2 is 1.86 bits per heavy atom. The fourth-order valence-corrected chi connectivity index (χ4v) is 2.42. The highest BCUT2D eigenvalue weighted by Gasteiger charge is 2.22. The van der Waals surface area contributed by atoms with Crippen molar-refractivity contribution in [3.63, 3.8) is 0 Å². The van der Waals surface area contributed by atoms with Crippen molar-refractivity contribution in [1.82, 2.24) is 0 Å². The minimum atomic E-state index is -0.488. The minimum absolute atomic E-state index is 0.0218. The van der Waals surface area contributed by atoms with Gasteiger partial charge in [-0.2, -0.15) is 9.59 Å². The van der Waals surface area contributed by atoms with Crippen molar-refractivity contribution in [3.8, 4) is 0 Å². The van der Waals surface area contributed by atoms with E-state index in [9.17, 15) is 14.9 Å². The Kier molecular flexibility index (Phi) is 6.92. The van der Waals surface area contributed by atoms with Gasteiger partial charge in [0.05, 0.1) is 10.5 Å². The van der Waals surface area contributed by atoms with Crippen molar-refractivity contribution < 1.29 is 24.0 Å². The molecule has 2 atom stereocenters. The maximum absolute atomic E-state index is 11.9. The normalized spacial score (nSPS) is 20.0. The van der Waals surface area contributed by atoms with Crippen LogP contribution in [0.1, 0.15) is 43.0 Å². The molecule has 2 rings (SSSR count). The highest BCUT2D eigenvalue weighted by Crippen LogP contribution is 2.26. The van der Waals surface area contributed by atoms with Gasteiger partial charge in [-0.1, -0.05) is 13.3 Å². The van der Waals surface area contributed by atoms with Crippen molar-refractivity contribution >= 4 is 17.8 Å². The van der Waals surface area contributed by atoms with Gasteiger partial charge < -0.3 is 4.74 Å². The third-order valence-corrected chi connectivity index (χ3v) is 3.48. The maximum Gasteiger partial charge on any atom is 0.373 e. The number of nitro groups is 1. The predicted molar refractivity (Wildman–Crippen MR) is 74.9 cm³/mol. The topological polar surface area (TPSA) is 104 Å². The summed E-state index contributed by atoms with van der Waals surface area (Å²) in [5.74, 6) is 0.192. The van der Waals surface area contributed by atoms with E-state index in [2.05, 4.69) is 6.92 Å². The van der Waals surface area contributed by atoms with E-state index in [1.807, 2.05) is 0 Å². The lowest BCUT2D eigenvalue weighted by Gasteiger charge is -2.26. The number of benzene rings is 1. The van der Waals surface area contributed by atoms with Gasteiger partial charge in [-0.15, -0.1) is 0 Å². The number of hydrogen-bond donors (Lipinski definition) is 0. The molecule has 118 valence electrons. The summed E-state index contributed by atoms with van der Waals surface area (Å²) in [7, 11) is 0. The van der Waals surface area contributed by atoms with E-state index in [1.165, 1.54) is 30.7 Å². The molecule has 7 heteroatoms. The summed E-state index contributed by atoms with van der Waals surface area (Å²) in [6, 6.07) is 5.51. The first-order valence-electron chi connectivity index (χ1n) is 6.92. The Hall–Kier alpha value is -2.53. The molecule has 1 aliphatic carbocycles. The van der Waals surface area contributed by atoms with Crippen LogP contribution in [0.2, 0.25) is 0 Å². The molecule has 0 amide bonds. The Morgan fingerprint density at radius 3 is 2.36 bits per heavy atom. The SMILES string of the molecule is C[C@H]1CCC[C@H](OC(=O)c2ccc([N+](=O)[O-])cc2)C1.O=C=O. The Morgan fingerprint density at radius 1 is 1.27 bits per heavy atom. The first-order chi connectivity index (χ1) is 10.5. The summed E-state index contributed by atoms with van der Waals surface area (Å²) in [4.78, 5) is 38.2. The Labute approximate surface area is 127 Å². The van der Waals surface area contributed by atoms with E-state index in [0.717, 1.165) is 19.3 Å². The third-order valence-electron chi connectivity index (χ3n) is 3.48. The van der Waals surface area contributed by atoms with Crippen molar-refractivity contribution in [2.75, 3.05) is 0 Å². The highest BCUT2D eigenvalue weighted by molar-refractivity contribution is 5.89. The van der Waals surface area contributed by atoms with Gasteiger partial charge in [0.25, 0.3) is 5.69 Å². The monoisotopic (exact) mass is 307 g/mol. The number of ether oxygens (including phenoxy) is 1. The minimum Gasteiger partial charge on any atom is -0.459 e. The Bertz CT molecular complexity index is 548. The largest absolute Gasteiger partial charge is 0.459 e. The number of carbonyl (C=O) groups excluding carboxylic acids is 3. The molecule has 0 unspecified atom stereocenters. The van der Waals surface area contributed by atoms with Crippen LogP contribution >= 0.6 is 0 Å². The molecule has 0 radical (unpaired) electrons. The van der Waals surface area contributed by atoms with Gasteiger partial charge in [0.15, 0.2) is 0 Å². The lowest BCUT2D eigenvalue weighted by molar-refractivity contribution is -0.384. The number of non-ortho nitro benzene ring substituents is 1. The van der Waals surface area contributed by atoms with Gasteiger partial charge in [0, 0.05) is 12.1 Å². The van der Waals surface area contributed by atoms with Crippen molar-refractivity contribution in [2.45, 2.75) is 38.7 Å². The van der Waals surface area contributed by atoms with Gasteiger partial charge in [-0.25, -0.2) is 4.79 Å². The molecule has 1 aliphatic rings. The average Bonchev–Trinajstić information content (AvgIpc) is 2.48. The second kappa shape index (κ2) is 8.69. The summed E-state index contributed by atoms with van der Waals surface area (Å²) in [6.45, 7) is 2.16. The van der Waals surface area contributed by atoms with E-state index in [4.69, 9.17) is 14.3 Å². The fraction of sp³-hybridized carbons (Fsp3) is 0.467. The van der Waals surface area contributed by atoms with Crippen LogP contribution in [0.4, 0.5) is 5.69 Å². The first-order valence-corrected chi connectivity index (χ1v) is 6.92. The molecule has 0 saturated heterocycles. The standard InChI is InChI=1S/C14H17NO4.CO2/c1-10-3-2-4-13(9-10)19-14(16)11-5-7-12(8-6-11)15(17)18;2-1-3/h5-8,10,13H,2-4,9H2,1H3;/t10-,13-;/m0./s1. The zero-order chi connectivity index (χ0) is 16.5. The second-order valence-electron chi connectivity index (χ2n) is 5.19. The van der Waals surface area contributed by atoms with Crippen molar-refractivity contribution in [1.29, 1.82) is 0 Å². The summed E-state index contributed by atoms with van der Waals surface area (Å²) in [6.07, 6.45) is 4.30. The van der Waals surface area contributed by atoms with E-state index < -0.39 is 10.9 Å². The number of esters is 1. The molecule has 1 saturated carbocycles. The maximum atomic E-state index is 11.9. The molecule has 7 nitrogen and oxygen atoms in total. The number of nitrogens with zero attached hydrogens (tertiary/aromatic N) is 1. The zero-order valence-electron chi connectivity index (χ0n) is 12.2. The molecule has 0 N–H and O–H groups in total. The molecular weight excluding hydrogens is 290 g/mol. The molecule has 0 aromatic heterocycles. The van der Waals surface area contributed by atoms with Gasteiger partial charge in [-0.3, -0.25) is 10.1 Å². The molecular formula is C15H17NO6. The first kappa shape index (κ1) is 17.5. The molecule has 0 spiro atoms. The third kappa shape index (κ3) is 5.46. The van der Waals surface area contributed by atoms with Crippen LogP contribution in [-0.2, 0) is 14.3 Å². The van der Waals surface area contributed by atoms with Crippen molar-refractivity contribution in [3.05, 3.63) is 39.9 Å². The molecule has 1 aromatic carbocycles. The van der Waals surface area contributed by atoms with E-state index in [-0.39, 0.29) is 17.9 Å². The van der Waals surface area contributed by atoms with Crippen LogP contribution in [0.3, 0.4) is 0 Å². The van der Waals surface area contributed by atoms with Gasteiger partial charge in [0.2, 0.25) is 0 Å². The molecule has 1 fully saturated rings. The van der Waals surface area contributed by atoms with Crippen LogP contribution in [0.5, 0.6) is 0 Å². The van der Waals surface area contributed by atoms with Gasteiger partial charge >= 0.3 is 12.1 Å². The molecule has 0 heterocycles. The molecule has 0 aliphatic heterocycles. The van der Waals surface area contributed by atoms with Crippen molar-refractivity contribution in [2.24, 2.45) is 5.92 Å². The second-order valence-corrected chi connectivity index (χ2v) is 5.19. The summed E-state index contributed by atoms with van der Waals surface area (Å²) < 4.78 is 5.44. The van der Waals surface area contributed by atoms with Crippen LogP contribution in [-0.4, -0.2) is 23.1 Å². The van der Waals surface area contributed by atoms with Crippen LogP contribution in [0.25, 0.3) is 0 Å². The van der Waals surface area contributed by atoms with Crippen LogP contribution in [0, 0.1) is 16.0 Å². The van der Waals surface area contributed by atoms with Crippen LogP contribution in [0.15, 0.2) is 24.3 Å². The quantitative estimate of drug-likeness (QED) is 0.483. The highest BCUT2D eigenvalue weighted by atomic mass is 16.6. The number of nitro benzene ring substituents is 1. The lowest BCUT2D eigenvalue weighted by atomic mass is 9.89. The van der Waals surface area contributed by atoms with E-state index in [1.54, 1.807) is 0 Å².